The van der Waals surface area contributed by atoms with E-state index in [1.54, 1.807) is 6.92 Å². The van der Waals surface area contributed by atoms with Gasteiger partial charge in [0.05, 0.1) is 0 Å². The number of aryl methyl sites for hydroxylation is 2. The maximum Gasteiger partial charge on any atom is 0.261 e. The van der Waals surface area contributed by atoms with Crippen LogP contribution < -0.4 is 11.1 Å². The van der Waals surface area contributed by atoms with E-state index in [0.29, 0.717) is 5.69 Å². The number of H-pyrrole nitrogens is 1. The summed E-state index contributed by atoms with van der Waals surface area (Å²) < 4.78 is 27.3. The number of carbonyl (C=O) groups excluding carboxylic acids is 1. The zero-order chi connectivity index (χ0) is 14.2. The molecule has 1 aromatic heterocycles. The number of nitrogens with two attached hydrogens (primary N) is 1. The van der Waals surface area contributed by atoms with E-state index in [1.165, 1.54) is 13.0 Å². The summed E-state index contributed by atoms with van der Waals surface area (Å²) in [6, 6.07) is 2.37. The van der Waals surface area contributed by atoms with Gasteiger partial charge in [0.25, 0.3) is 5.91 Å². The minimum absolute atomic E-state index is 0.0246. The molecular formula is C12H12F2N4O. The van der Waals surface area contributed by atoms with E-state index in [1.807, 2.05) is 0 Å². The van der Waals surface area contributed by atoms with E-state index >= 15 is 0 Å². The lowest BCUT2D eigenvalue weighted by Crippen LogP contribution is -2.16. The summed E-state index contributed by atoms with van der Waals surface area (Å²) in [6.45, 7) is 3.06. The third kappa shape index (κ3) is 2.26. The number of aromatic nitrogens is 2. The summed E-state index contributed by atoms with van der Waals surface area (Å²) in [6.07, 6.45) is 0. The highest BCUT2D eigenvalue weighted by molar-refractivity contribution is 6.08. The Morgan fingerprint density at radius 2 is 2.05 bits per heavy atom. The Morgan fingerprint density at radius 3 is 2.63 bits per heavy atom. The van der Waals surface area contributed by atoms with Crippen molar-refractivity contribution in [3.63, 3.8) is 0 Å². The summed E-state index contributed by atoms with van der Waals surface area (Å²) in [5, 5.41) is 8.34. The van der Waals surface area contributed by atoms with Crippen LogP contribution in [0.4, 0.5) is 20.3 Å². The van der Waals surface area contributed by atoms with Gasteiger partial charge in [-0.05, 0) is 25.5 Å². The monoisotopic (exact) mass is 266 g/mol. The van der Waals surface area contributed by atoms with Gasteiger partial charge in [-0.1, -0.05) is 6.07 Å². The molecule has 0 aliphatic rings. The Morgan fingerprint density at radius 1 is 1.37 bits per heavy atom. The predicted octanol–water partition coefficient (Wildman–Crippen LogP) is 2.14. The average molecular weight is 266 g/mol. The lowest BCUT2D eigenvalue weighted by Gasteiger charge is -2.09. The van der Waals surface area contributed by atoms with E-state index in [2.05, 4.69) is 15.5 Å². The van der Waals surface area contributed by atoms with Crippen LogP contribution in [0.1, 0.15) is 21.6 Å². The van der Waals surface area contributed by atoms with Crippen LogP contribution in [0.2, 0.25) is 0 Å². The minimum Gasteiger partial charge on any atom is -0.382 e. The van der Waals surface area contributed by atoms with E-state index in [-0.39, 0.29) is 16.9 Å². The maximum absolute atomic E-state index is 13.8. The predicted molar refractivity (Wildman–Crippen MR) is 66.8 cm³/mol. The highest BCUT2D eigenvalue weighted by atomic mass is 19.1. The number of rotatable bonds is 2. The van der Waals surface area contributed by atoms with E-state index in [0.717, 1.165) is 6.07 Å². The third-order valence-electron chi connectivity index (χ3n) is 2.72. The van der Waals surface area contributed by atoms with Crippen LogP contribution in [0.5, 0.6) is 0 Å². The summed E-state index contributed by atoms with van der Waals surface area (Å²) in [5.41, 5.74) is 5.74. The van der Waals surface area contributed by atoms with E-state index in [9.17, 15) is 13.6 Å². The second-order valence-electron chi connectivity index (χ2n) is 4.12. The summed E-state index contributed by atoms with van der Waals surface area (Å²) in [4.78, 5) is 11.9. The van der Waals surface area contributed by atoms with Crippen molar-refractivity contribution in [3.05, 3.63) is 40.6 Å². The molecule has 2 rings (SSSR count). The minimum atomic E-state index is -0.851. The number of amides is 1. The number of nitrogens with one attached hydrogen (secondary N) is 2. The zero-order valence-electron chi connectivity index (χ0n) is 10.3. The first kappa shape index (κ1) is 13.0. The lowest BCUT2D eigenvalue weighted by atomic mass is 10.1. The first-order valence-corrected chi connectivity index (χ1v) is 5.48. The smallest absolute Gasteiger partial charge is 0.261 e. The summed E-state index contributed by atoms with van der Waals surface area (Å²) >= 11 is 0. The molecule has 0 fully saturated rings. The molecule has 19 heavy (non-hydrogen) atoms. The molecule has 2 aromatic rings. The van der Waals surface area contributed by atoms with Gasteiger partial charge >= 0.3 is 0 Å². The van der Waals surface area contributed by atoms with Crippen LogP contribution in [0.15, 0.2) is 12.1 Å². The molecule has 4 N–H and O–H groups in total. The van der Waals surface area contributed by atoms with Crippen molar-refractivity contribution in [3.8, 4) is 0 Å². The number of nitrogens with zero attached hydrogens (tertiary/aromatic N) is 1. The Bertz CT molecular complexity index is 632. The van der Waals surface area contributed by atoms with Crippen LogP contribution >= 0.6 is 0 Å². The van der Waals surface area contributed by atoms with Crippen LogP contribution in [-0.4, -0.2) is 16.1 Å². The van der Waals surface area contributed by atoms with Crippen LogP contribution in [0.3, 0.4) is 0 Å². The Labute approximate surface area is 107 Å². The molecule has 7 heteroatoms. The fraction of sp³-hybridized carbons (Fsp3) is 0.167. The second kappa shape index (κ2) is 4.68. The van der Waals surface area contributed by atoms with Crippen molar-refractivity contribution in [2.45, 2.75) is 13.8 Å². The van der Waals surface area contributed by atoms with Gasteiger partial charge in [-0.15, -0.1) is 0 Å². The van der Waals surface area contributed by atoms with Crippen molar-refractivity contribution in [1.29, 1.82) is 0 Å². The number of hydrogen-bond acceptors (Lipinski definition) is 3. The number of hydrogen-bond donors (Lipinski definition) is 3. The first-order valence-electron chi connectivity index (χ1n) is 5.48. The molecule has 5 nitrogen and oxygen atoms in total. The number of anilines is 2. The van der Waals surface area contributed by atoms with Crippen LogP contribution in [0.25, 0.3) is 0 Å². The van der Waals surface area contributed by atoms with Gasteiger partial charge in [-0.2, -0.15) is 5.10 Å². The molecule has 0 aliphatic carbocycles. The van der Waals surface area contributed by atoms with Gasteiger partial charge in [0.15, 0.2) is 11.6 Å². The quantitative estimate of drug-likeness (QED) is 0.778. The molecule has 1 aromatic carbocycles. The number of aromatic amines is 1. The average Bonchev–Trinajstić information content (AvgIpc) is 2.69. The molecule has 100 valence electrons. The van der Waals surface area contributed by atoms with E-state index in [4.69, 9.17) is 5.73 Å². The second-order valence-corrected chi connectivity index (χ2v) is 4.12. The molecule has 0 aliphatic heterocycles. The SMILES string of the molecule is Cc1ccc(F)c(NC(=O)c2c(N)n[nH]c2C)c1F. The van der Waals surface area contributed by atoms with Crippen molar-refractivity contribution in [1.82, 2.24) is 10.2 Å². The topological polar surface area (TPSA) is 83.8 Å². The molecule has 0 atom stereocenters. The zero-order valence-corrected chi connectivity index (χ0v) is 10.3. The normalized spacial score (nSPS) is 10.5. The summed E-state index contributed by atoms with van der Waals surface area (Å²) in [5.74, 6) is -2.40. The number of benzene rings is 1. The van der Waals surface area contributed by atoms with Crippen LogP contribution in [-0.2, 0) is 0 Å². The molecule has 0 saturated carbocycles. The largest absolute Gasteiger partial charge is 0.382 e. The number of nitrogen functional groups attached to an aromatic ring is 1. The fourth-order valence-electron chi connectivity index (χ4n) is 1.68. The highest BCUT2D eigenvalue weighted by Crippen LogP contribution is 2.23. The van der Waals surface area contributed by atoms with Gasteiger partial charge in [0, 0.05) is 5.69 Å². The molecule has 0 saturated heterocycles. The number of carbonyl (C=O) groups is 1. The highest BCUT2D eigenvalue weighted by Gasteiger charge is 2.20. The Kier molecular flexibility index (Phi) is 3.20. The maximum atomic E-state index is 13.8. The van der Waals surface area contributed by atoms with Crippen molar-refractivity contribution < 1.29 is 13.6 Å². The molecule has 0 unspecified atom stereocenters. The van der Waals surface area contributed by atoms with E-state index < -0.39 is 23.2 Å². The Balaban J connectivity index is 2.38. The van der Waals surface area contributed by atoms with Crippen molar-refractivity contribution in [2.75, 3.05) is 11.1 Å². The van der Waals surface area contributed by atoms with Gasteiger partial charge in [-0.3, -0.25) is 9.89 Å². The first-order chi connectivity index (χ1) is 8.91. The third-order valence-corrected chi connectivity index (χ3v) is 2.72. The molecule has 0 bridgehead atoms. The van der Waals surface area contributed by atoms with Crippen LogP contribution in [0, 0.1) is 25.5 Å². The molecular weight excluding hydrogens is 254 g/mol. The van der Waals surface area contributed by atoms with Crippen molar-refractivity contribution >= 4 is 17.4 Å². The van der Waals surface area contributed by atoms with Gasteiger partial charge in [0.1, 0.15) is 17.1 Å². The molecule has 0 radical (unpaired) electrons. The fourth-order valence-corrected chi connectivity index (χ4v) is 1.68. The molecule has 0 spiro atoms. The summed E-state index contributed by atoms with van der Waals surface area (Å²) in [7, 11) is 0. The number of halogens is 2. The van der Waals surface area contributed by atoms with Gasteiger partial charge < -0.3 is 11.1 Å². The van der Waals surface area contributed by atoms with Crippen molar-refractivity contribution in [2.24, 2.45) is 0 Å². The Hall–Kier alpha value is -2.44. The standard InChI is InChI=1S/C12H12F2N4O/c1-5-3-4-7(13)10(9(5)14)16-12(19)8-6(2)17-18-11(8)15/h3-4H,1-2H3,(H,16,19)(H3,15,17,18). The molecule has 1 heterocycles. The lowest BCUT2D eigenvalue weighted by molar-refractivity contribution is 0.102. The van der Waals surface area contributed by atoms with Gasteiger partial charge in [0.2, 0.25) is 0 Å². The van der Waals surface area contributed by atoms with Gasteiger partial charge in [-0.25, -0.2) is 8.78 Å². The molecule has 1 amide bonds.